The smallest absolute Gasteiger partial charge is 0.407 e. The van der Waals surface area contributed by atoms with Gasteiger partial charge in [0.2, 0.25) is 0 Å². The second-order valence-corrected chi connectivity index (χ2v) is 2.93. The highest BCUT2D eigenvalue weighted by atomic mass is 19.3. The van der Waals surface area contributed by atoms with Crippen LogP contribution in [-0.4, -0.2) is 31.6 Å². The summed E-state index contributed by atoms with van der Waals surface area (Å²) < 4.78 is 53.6. The Morgan fingerprint density at radius 2 is 1.86 bits per heavy atom. The number of amides is 1. The molecule has 0 aliphatic heterocycles. The van der Waals surface area contributed by atoms with Crippen molar-refractivity contribution >= 4 is 6.09 Å². The zero-order chi connectivity index (χ0) is 11.4. The third kappa shape index (κ3) is 6.50. The Hall–Kier alpha value is -1.01. The van der Waals surface area contributed by atoms with Gasteiger partial charge < -0.3 is 10.1 Å². The highest BCUT2D eigenvalue weighted by Gasteiger charge is 2.41. The van der Waals surface area contributed by atoms with Crippen molar-refractivity contribution in [1.29, 1.82) is 0 Å². The monoisotopic (exact) mass is 217 g/mol. The van der Waals surface area contributed by atoms with E-state index in [0.717, 1.165) is 0 Å². The Kier molecular flexibility index (Phi) is 4.15. The van der Waals surface area contributed by atoms with Gasteiger partial charge in [-0.2, -0.15) is 0 Å². The average molecular weight is 217 g/mol. The van der Waals surface area contributed by atoms with Crippen LogP contribution >= 0.6 is 0 Å². The average Bonchev–Trinajstić information content (AvgIpc) is 1.96. The van der Waals surface area contributed by atoms with Crippen molar-refractivity contribution in [2.75, 3.05) is 13.7 Å². The molecule has 1 N–H and O–H groups in total. The lowest BCUT2D eigenvalue weighted by molar-refractivity contribution is -0.124. The van der Waals surface area contributed by atoms with Gasteiger partial charge in [0.1, 0.15) is 0 Å². The Morgan fingerprint density at radius 3 is 2.21 bits per heavy atom. The first-order chi connectivity index (χ1) is 6.16. The van der Waals surface area contributed by atoms with Gasteiger partial charge in [-0.25, -0.2) is 22.4 Å². The van der Waals surface area contributed by atoms with Gasteiger partial charge in [0.15, 0.2) is 6.61 Å². The van der Waals surface area contributed by atoms with Crippen molar-refractivity contribution in [3.05, 3.63) is 0 Å². The Bertz CT molecular complexity index is 202. The van der Waals surface area contributed by atoms with Crippen molar-refractivity contribution in [1.82, 2.24) is 5.32 Å². The number of rotatable bonds is 4. The molecule has 0 aliphatic carbocycles. The van der Waals surface area contributed by atoms with Crippen LogP contribution in [0.15, 0.2) is 0 Å². The van der Waals surface area contributed by atoms with E-state index in [4.69, 9.17) is 0 Å². The van der Waals surface area contributed by atoms with Crippen molar-refractivity contribution in [2.24, 2.45) is 0 Å². The molecule has 84 valence electrons. The molecular weight excluding hydrogens is 206 g/mol. The Morgan fingerprint density at radius 1 is 1.36 bits per heavy atom. The maximum Gasteiger partial charge on any atom is 0.407 e. The predicted octanol–water partition coefficient (Wildman–Crippen LogP) is 2.02. The molecule has 0 aromatic heterocycles. The molecule has 0 atom stereocenters. The van der Waals surface area contributed by atoms with Crippen LogP contribution in [0, 0.1) is 0 Å². The molecule has 0 rings (SSSR count). The molecule has 0 fully saturated rings. The highest BCUT2D eigenvalue weighted by molar-refractivity contribution is 5.66. The Labute approximate surface area is 78.4 Å². The van der Waals surface area contributed by atoms with Crippen molar-refractivity contribution in [3.63, 3.8) is 0 Å². The van der Waals surface area contributed by atoms with E-state index in [2.05, 4.69) is 4.74 Å². The van der Waals surface area contributed by atoms with E-state index >= 15 is 0 Å². The van der Waals surface area contributed by atoms with Gasteiger partial charge in [-0.1, -0.05) is 0 Å². The number of hydrogen-bond acceptors (Lipinski definition) is 2. The number of halogens is 4. The zero-order valence-corrected chi connectivity index (χ0v) is 7.74. The van der Waals surface area contributed by atoms with Crippen LogP contribution in [0.1, 0.15) is 13.3 Å². The van der Waals surface area contributed by atoms with Gasteiger partial charge in [0, 0.05) is 7.05 Å². The molecule has 0 spiro atoms. The van der Waals surface area contributed by atoms with Crippen molar-refractivity contribution in [2.45, 2.75) is 25.2 Å². The number of alkyl carbamates (subject to hydrolysis) is 1. The number of carbonyl (C=O) groups excluding carboxylic acids is 1. The van der Waals surface area contributed by atoms with Crippen LogP contribution in [0.3, 0.4) is 0 Å². The molecule has 7 heteroatoms. The highest BCUT2D eigenvalue weighted by Crippen LogP contribution is 2.29. The van der Waals surface area contributed by atoms with Gasteiger partial charge in [-0.3, -0.25) is 0 Å². The van der Waals surface area contributed by atoms with Gasteiger partial charge in [0.05, 0.1) is 6.42 Å². The summed E-state index contributed by atoms with van der Waals surface area (Å²) in [5, 5.41) is 1.92. The molecule has 0 bridgehead atoms. The third-order valence-electron chi connectivity index (χ3n) is 1.19. The summed E-state index contributed by atoms with van der Waals surface area (Å²) in [5.41, 5.74) is 0. The fraction of sp³-hybridized carbons (Fsp3) is 0.857. The molecule has 0 radical (unpaired) electrons. The molecule has 1 amide bonds. The molecule has 0 saturated heterocycles. The van der Waals surface area contributed by atoms with E-state index in [0.29, 0.717) is 6.92 Å². The second kappa shape index (κ2) is 4.47. The number of carbonyl (C=O) groups is 1. The summed E-state index contributed by atoms with van der Waals surface area (Å²) in [7, 11) is 1.18. The van der Waals surface area contributed by atoms with E-state index in [1.807, 2.05) is 5.32 Å². The summed E-state index contributed by atoms with van der Waals surface area (Å²) in [6.45, 7) is -0.975. The fourth-order valence-electron chi connectivity index (χ4n) is 0.748. The normalized spacial score (nSPS) is 12.4. The van der Waals surface area contributed by atoms with E-state index in [1.165, 1.54) is 7.05 Å². The van der Waals surface area contributed by atoms with Crippen LogP contribution < -0.4 is 5.32 Å². The largest absolute Gasteiger partial charge is 0.443 e. The minimum Gasteiger partial charge on any atom is -0.443 e. The zero-order valence-electron chi connectivity index (χ0n) is 7.74. The van der Waals surface area contributed by atoms with E-state index < -0.39 is 31.0 Å². The molecule has 0 aliphatic rings. The van der Waals surface area contributed by atoms with E-state index in [9.17, 15) is 22.4 Å². The Balaban J connectivity index is 4.01. The van der Waals surface area contributed by atoms with Crippen LogP contribution in [-0.2, 0) is 4.74 Å². The standard InChI is InChI=1S/C7H11F4NO2/c1-6(8,9)3-7(10,11)4-14-5(13)12-2/h3-4H2,1-2H3,(H,12,13). The van der Waals surface area contributed by atoms with Crippen LogP contribution in [0.2, 0.25) is 0 Å². The molecule has 0 heterocycles. The molecule has 0 aromatic carbocycles. The summed E-state index contributed by atoms with van der Waals surface area (Å²) in [5.74, 6) is -7.21. The van der Waals surface area contributed by atoms with E-state index in [-0.39, 0.29) is 0 Å². The number of alkyl halides is 4. The minimum atomic E-state index is -3.72. The molecule has 0 saturated carbocycles. The van der Waals surface area contributed by atoms with Crippen LogP contribution in [0.4, 0.5) is 22.4 Å². The summed E-state index contributed by atoms with van der Waals surface area (Å²) >= 11 is 0. The lowest BCUT2D eigenvalue weighted by Crippen LogP contribution is -2.34. The first kappa shape index (κ1) is 13.0. The minimum absolute atomic E-state index is 0.376. The SMILES string of the molecule is CNC(=O)OCC(F)(F)CC(C)(F)F. The maximum absolute atomic E-state index is 12.6. The summed E-state index contributed by atoms with van der Waals surface area (Å²) in [4.78, 5) is 10.4. The predicted molar refractivity (Wildman–Crippen MR) is 40.6 cm³/mol. The van der Waals surface area contributed by atoms with Gasteiger partial charge in [-0.05, 0) is 6.92 Å². The molecule has 0 aromatic rings. The first-order valence-electron chi connectivity index (χ1n) is 3.76. The molecule has 14 heavy (non-hydrogen) atoms. The van der Waals surface area contributed by atoms with Gasteiger partial charge in [-0.15, -0.1) is 0 Å². The van der Waals surface area contributed by atoms with Gasteiger partial charge in [0.25, 0.3) is 11.8 Å². The number of ether oxygens (including phenoxy) is 1. The quantitative estimate of drug-likeness (QED) is 0.731. The molecule has 3 nitrogen and oxygen atoms in total. The van der Waals surface area contributed by atoms with Crippen molar-refractivity contribution in [3.8, 4) is 0 Å². The third-order valence-corrected chi connectivity index (χ3v) is 1.19. The second-order valence-electron chi connectivity index (χ2n) is 2.93. The van der Waals surface area contributed by atoms with E-state index in [1.54, 1.807) is 0 Å². The summed E-state index contributed by atoms with van der Waals surface area (Å²) in [6.07, 6.45) is -2.72. The fourth-order valence-corrected chi connectivity index (χ4v) is 0.748. The van der Waals surface area contributed by atoms with Crippen molar-refractivity contribution < 1.29 is 27.1 Å². The molecular formula is C7H11F4NO2. The van der Waals surface area contributed by atoms with Crippen LogP contribution in [0.5, 0.6) is 0 Å². The van der Waals surface area contributed by atoms with Gasteiger partial charge >= 0.3 is 6.09 Å². The van der Waals surface area contributed by atoms with Crippen LogP contribution in [0.25, 0.3) is 0 Å². The lowest BCUT2D eigenvalue weighted by Gasteiger charge is -2.19. The maximum atomic E-state index is 12.6. The first-order valence-corrected chi connectivity index (χ1v) is 3.76. The summed E-state index contributed by atoms with van der Waals surface area (Å²) in [6, 6.07) is 0. The topological polar surface area (TPSA) is 38.3 Å². The molecule has 0 unspecified atom stereocenters. The number of nitrogens with one attached hydrogen (secondary N) is 1. The number of hydrogen-bond donors (Lipinski definition) is 1. The lowest BCUT2D eigenvalue weighted by atomic mass is 10.1.